The van der Waals surface area contributed by atoms with E-state index in [1.807, 2.05) is 13.0 Å². The molecule has 5 nitrogen and oxygen atoms in total. The lowest BCUT2D eigenvalue weighted by Crippen LogP contribution is -2.37. The number of aliphatic hydroxyl groups excluding tert-OH is 1. The van der Waals surface area contributed by atoms with Crippen LogP contribution in [0, 0.1) is 0 Å². The maximum Gasteiger partial charge on any atom is 0.120 e. The SMILES string of the molecule is CCOc1ccc(O)c(CNCCCN2CCC(O)CC2)c1. The molecule has 124 valence electrons. The normalized spacial score (nSPS) is 16.8. The molecule has 0 atom stereocenters. The first-order chi connectivity index (χ1) is 10.7. The van der Waals surface area contributed by atoms with Gasteiger partial charge in [-0.1, -0.05) is 0 Å². The van der Waals surface area contributed by atoms with Gasteiger partial charge in [-0.15, -0.1) is 0 Å². The predicted molar refractivity (Wildman–Crippen MR) is 87.3 cm³/mol. The van der Waals surface area contributed by atoms with Gasteiger partial charge in [0.2, 0.25) is 0 Å². The van der Waals surface area contributed by atoms with Gasteiger partial charge in [-0.25, -0.2) is 0 Å². The second kappa shape index (κ2) is 8.98. The standard InChI is InChI=1S/C17H28N2O3/c1-2-22-16-4-5-17(21)14(12-16)13-18-8-3-9-19-10-6-15(20)7-11-19/h4-5,12,15,18,20-21H,2-3,6-11,13H2,1H3. The number of ether oxygens (including phenoxy) is 1. The number of phenolic OH excluding ortho intramolecular Hbond substituents is 1. The number of benzene rings is 1. The quantitative estimate of drug-likeness (QED) is 0.638. The van der Waals surface area contributed by atoms with Crippen LogP contribution < -0.4 is 10.1 Å². The number of phenols is 1. The molecule has 1 saturated heterocycles. The van der Waals surface area contributed by atoms with E-state index in [2.05, 4.69) is 10.2 Å². The Balaban J connectivity index is 1.65. The first-order valence-electron chi connectivity index (χ1n) is 8.25. The largest absolute Gasteiger partial charge is 0.508 e. The van der Waals surface area contributed by atoms with E-state index in [9.17, 15) is 10.2 Å². The monoisotopic (exact) mass is 308 g/mol. The first-order valence-corrected chi connectivity index (χ1v) is 8.25. The van der Waals surface area contributed by atoms with Crippen LogP contribution in [0.1, 0.15) is 31.7 Å². The number of piperidine rings is 1. The molecule has 0 aliphatic carbocycles. The van der Waals surface area contributed by atoms with Crippen molar-refractivity contribution in [2.24, 2.45) is 0 Å². The molecule has 0 bridgehead atoms. The Labute approximate surface area is 132 Å². The molecule has 0 radical (unpaired) electrons. The zero-order valence-electron chi connectivity index (χ0n) is 13.4. The number of nitrogens with one attached hydrogen (secondary N) is 1. The average Bonchev–Trinajstić information content (AvgIpc) is 2.52. The molecule has 0 aromatic heterocycles. The Morgan fingerprint density at radius 2 is 2.09 bits per heavy atom. The summed E-state index contributed by atoms with van der Waals surface area (Å²) in [6.07, 6.45) is 2.76. The number of hydrogen-bond acceptors (Lipinski definition) is 5. The van der Waals surface area contributed by atoms with Crippen molar-refractivity contribution < 1.29 is 14.9 Å². The molecule has 1 fully saturated rings. The molecule has 1 aliphatic rings. The number of aromatic hydroxyl groups is 1. The third-order valence-electron chi connectivity index (χ3n) is 4.06. The second-order valence-electron chi connectivity index (χ2n) is 5.83. The third-order valence-corrected chi connectivity index (χ3v) is 4.06. The minimum atomic E-state index is -0.102. The van der Waals surface area contributed by atoms with Gasteiger partial charge in [0.1, 0.15) is 11.5 Å². The van der Waals surface area contributed by atoms with E-state index in [0.29, 0.717) is 18.9 Å². The van der Waals surface area contributed by atoms with Gasteiger partial charge in [-0.05, 0) is 57.5 Å². The molecule has 5 heteroatoms. The molecule has 0 amide bonds. The zero-order chi connectivity index (χ0) is 15.8. The van der Waals surface area contributed by atoms with Crippen LogP contribution in [0.25, 0.3) is 0 Å². The highest BCUT2D eigenvalue weighted by molar-refractivity contribution is 5.39. The number of likely N-dealkylation sites (tertiary alicyclic amines) is 1. The maximum atomic E-state index is 9.86. The second-order valence-corrected chi connectivity index (χ2v) is 5.83. The van der Waals surface area contributed by atoms with Crippen molar-refractivity contribution >= 4 is 0 Å². The van der Waals surface area contributed by atoms with Crippen LogP contribution in [0.4, 0.5) is 0 Å². The summed E-state index contributed by atoms with van der Waals surface area (Å²) in [5.41, 5.74) is 0.868. The van der Waals surface area contributed by atoms with E-state index in [-0.39, 0.29) is 6.10 Å². The van der Waals surface area contributed by atoms with Crippen molar-refractivity contribution in [1.29, 1.82) is 0 Å². The summed E-state index contributed by atoms with van der Waals surface area (Å²) < 4.78 is 5.45. The summed E-state index contributed by atoms with van der Waals surface area (Å²) in [5, 5.41) is 22.7. The topological polar surface area (TPSA) is 65.0 Å². The minimum Gasteiger partial charge on any atom is -0.508 e. The molecule has 1 aliphatic heterocycles. The van der Waals surface area contributed by atoms with E-state index in [0.717, 1.165) is 56.8 Å². The summed E-state index contributed by atoms with van der Waals surface area (Å²) in [6.45, 7) is 7.19. The van der Waals surface area contributed by atoms with Crippen LogP contribution >= 0.6 is 0 Å². The molecule has 0 saturated carbocycles. The van der Waals surface area contributed by atoms with Gasteiger partial charge in [0.25, 0.3) is 0 Å². The predicted octanol–water partition coefficient (Wildman–Crippen LogP) is 1.73. The van der Waals surface area contributed by atoms with Crippen LogP contribution in [0.3, 0.4) is 0 Å². The smallest absolute Gasteiger partial charge is 0.120 e. The van der Waals surface area contributed by atoms with E-state index in [1.165, 1.54) is 0 Å². The van der Waals surface area contributed by atoms with Crippen LogP contribution in [0.2, 0.25) is 0 Å². The lowest BCUT2D eigenvalue weighted by atomic mass is 10.1. The Morgan fingerprint density at radius 3 is 2.82 bits per heavy atom. The molecule has 1 aromatic rings. The summed E-state index contributed by atoms with van der Waals surface area (Å²) in [6, 6.07) is 5.35. The number of rotatable bonds is 8. The zero-order valence-corrected chi connectivity index (χ0v) is 13.4. The van der Waals surface area contributed by atoms with E-state index in [4.69, 9.17) is 4.74 Å². The Morgan fingerprint density at radius 1 is 1.32 bits per heavy atom. The van der Waals surface area contributed by atoms with Crippen LogP contribution in [-0.4, -0.2) is 54.0 Å². The van der Waals surface area contributed by atoms with Crippen molar-refractivity contribution in [3.05, 3.63) is 23.8 Å². The Kier molecular flexibility index (Phi) is 6.96. The molecule has 3 N–H and O–H groups in total. The highest BCUT2D eigenvalue weighted by Gasteiger charge is 2.15. The Bertz CT molecular complexity index is 446. The number of nitrogens with zero attached hydrogens (tertiary/aromatic N) is 1. The van der Waals surface area contributed by atoms with Gasteiger partial charge >= 0.3 is 0 Å². The van der Waals surface area contributed by atoms with Crippen LogP contribution in [-0.2, 0) is 6.54 Å². The van der Waals surface area contributed by atoms with Crippen molar-refractivity contribution in [3.63, 3.8) is 0 Å². The van der Waals surface area contributed by atoms with Crippen molar-refractivity contribution in [3.8, 4) is 11.5 Å². The number of hydrogen-bond donors (Lipinski definition) is 3. The fraction of sp³-hybridized carbons (Fsp3) is 0.647. The van der Waals surface area contributed by atoms with E-state index in [1.54, 1.807) is 12.1 Å². The van der Waals surface area contributed by atoms with Gasteiger partial charge < -0.3 is 25.2 Å². The van der Waals surface area contributed by atoms with Gasteiger partial charge in [0.15, 0.2) is 0 Å². The third kappa shape index (κ3) is 5.48. The average molecular weight is 308 g/mol. The molecule has 2 rings (SSSR count). The van der Waals surface area contributed by atoms with E-state index >= 15 is 0 Å². The summed E-state index contributed by atoms with van der Waals surface area (Å²) in [7, 11) is 0. The molecule has 1 aromatic carbocycles. The molecule has 22 heavy (non-hydrogen) atoms. The van der Waals surface area contributed by atoms with Crippen molar-refractivity contribution in [1.82, 2.24) is 10.2 Å². The summed E-state index contributed by atoms with van der Waals surface area (Å²) >= 11 is 0. The fourth-order valence-electron chi connectivity index (χ4n) is 2.75. The van der Waals surface area contributed by atoms with Gasteiger partial charge in [-0.3, -0.25) is 0 Å². The van der Waals surface area contributed by atoms with E-state index < -0.39 is 0 Å². The lowest BCUT2D eigenvalue weighted by molar-refractivity contribution is 0.0821. The van der Waals surface area contributed by atoms with Gasteiger partial charge in [0, 0.05) is 25.2 Å². The minimum absolute atomic E-state index is 0.102. The summed E-state index contributed by atoms with van der Waals surface area (Å²) in [4.78, 5) is 2.40. The molecular weight excluding hydrogens is 280 g/mol. The molecular formula is C17H28N2O3. The van der Waals surface area contributed by atoms with Crippen LogP contribution in [0.5, 0.6) is 11.5 Å². The number of aliphatic hydroxyl groups is 1. The summed E-state index contributed by atoms with van der Waals surface area (Å²) in [5.74, 6) is 1.10. The fourth-order valence-corrected chi connectivity index (χ4v) is 2.75. The lowest BCUT2D eigenvalue weighted by Gasteiger charge is -2.29. The van der Waals surface area contributed by atoms with Crippen molar-refractivity contribution in [2.75, 3.05) is 32.8 Å². The molecule has 0 unspecified atom stereocenters. The van der Waals surface area contributed by atoms with Gasteiger partial charge in [-0.2, -0.15) is 0 Å². The highest BCUT2D eigenvalue weighted by atomic mass is 16.5. The van der Waals surface area contributed by atoms with Crippen LogP contribution in [0.15, 0.2) is 18.2 Å². The maximum absolute atomic E-state index is 9.86. The molecule has 0 spiro atoms. The molecule has 1 heterocycles. The Hall–Kier alpha value is -1.30. The van der Waals surface area contributed by atoms with Gasteiger partial charge in [0.05, 0.1) is 12.7 Å². The van der Waals surface area contributed by atoms with Crippen molar-refractivity contribution in [2.45, 2.75) is 38.8 Å². The first kappa shape index (κ1) is 17.1. The highest BCUT2D eigenvalue weighted by Crippen LogP contribution is 2.22.